The van der Waals surface area contributed by atoms with Crippen molar-refractivity contribution in [3.05, 3.63) is 46.4 Å². The van der Waals surface area contributed by atoms with Gasteiger partial charge in [-0.25, -0.2) is 4.79 Å². The van der Waals surface area contributed by atoms with Gasteiger partial charge in [0.1, 0.15) is 0 Å². The Bertz CT molecular complexity index is 1100. The smallest absolute Gasteiger partial charge is 0.405 e. The van der Waals surface area contributed by atoms with Crippen LogP contribution in [0.2, 0.25) is 0 Å². The molecule has 0 radical (unpaired) electrons. The summed E-state index contributed by atoms with van der Waals surface area (Å²) in [6, 6.07) is 0. The highest BCUT2D eigenvalue weighted by Gasteiger charge is 2.34. The first-order valence-corrected chi connectivity index (χ1v) is 13.3. The molecule has 4 N–H and O–H groups in total. The molecule has 2 bridgehead atoms. The lowest BCUT2D eigenvalue weighted by atomic mass is 9.85. The average molecular weight is 563 g/mol. The summed E-state index contributed by atoms with van der Waals surface area (Å²) in [4.78, 5) is 50.7. The summed E-state index contributed by atoms with van der Waals surface area (Å²) in [7, 11) is 4.28. The number of fused-ring (bicyclic) bond motifs is 2. The molecule has 0 saturated heterocycles. The van der Waals surface area contributed by atoms with Gasteiger partial charge >= 0.3 is 6.09 Å². The van der Waals surface area contributed by atoms with E-state index >= 15 is 0 Å². The number of rotatable bonds is 4. The summed E-state index contributed by atoms with van der Waals surface area (Å²) in [5.74, 6) is -2.26. The number of amides is 2. The number of aliphatic hydroxyl groups excluding tert-OH is 1. The van der Waals surface area contributed by atoms with E-state index in [-0.39, 0.29) is 29.4 Å². The van der Waals surface area contributed by atoms with E-state index in [9.17, 15) is 24.3 Å². The number of ketones is 2. The Kier molecular flexibility index (Phi) is 12.3. The molecule has 0 aromatic rings. The molecular weight excluding hydrogens is 520 g/mol. The van der Waals surface area contributed by atoms with Crippen molar-refractivity contribution >= 4 is 23.6 Å². The lowest BCUT2D eigenvalue weighted by Crippen LogP contribution is -2.37. The number of nitrogens with one attached hydrogen (secondary N) is 1. The van der Waals surface area contributed by atoms with Crippen LogP contribution < -0.4 is 11.1 Å². The first-order chi connectivity index (χ1) is 18.8. The number of nitrogens with two attached hydrogens (primary N) is 1. The molecule has 2 aliphatic rings. The molecule has 11 heteroatoms. The number of Topliss-reactive ketones (excluding diaryl/α,β-unsaturated/α-hetero) is 1. The zero-order chi connectivity index (χ0) is 30.1. The van der Waals surface area contributed by atoms with Crippen molar-refractivity contribution in [2.24, 2.45) is 17.6 Å². The van der Waals surface area contributed by atoms with Gasteiger partial charge in [-0.1, -0.05) is 26.0 Å². The summed E-state index contributed by atoms with van der Waals surface area (Å²) in [5.41, 5.74) is 6.32. The standard InChI is InChI=1S/C29H42N2O9/c1-15-11-19-25(34)20(14-21(32)27(19)39-7)31-28(35)16(2)9-8-10-22(37-5)26(40-29(30)36)18(4)13-17(3)24(33)23(12-15)38-6/h9,13-15,17,22-24,26,33H,8,10-12H2,1-7H3,(H2,30,36)(H,31,35)/b16-9+,18-13+/t15-,17+,22+,23+,24-,26+/m1/s1. The Morgan fingerprint density at radius 1 is 1.07 bits per heavy atom. The molecule has 11 nitrogen and oxygen atoms in total. The summed E-state index contributed by atoms with van der Waals surface area (Å²) in [6.07, 6.45) is 1.82. The van der Waals surface area contributed by atoms with E-state index < -0.39 is 53.9 Å². The predicted molar refractivity (Wildman–Crippen MR) is 147 cm³/mol. The van der Waals surface area contributed by atoms with Crippen LogP contribution in [0.5, 0.6) is 0 Å². The molecule has 0 aromatic carbocycles. The molecule has 222 valence electrons. The molecule has 1 aliphatic carbocycles. The normalized spacial score (nSPS) is 32.3. The number of primary amides is 1. The second kappa shape index (κ2) is 14.9. The van der Waals surface area contributed by atoms with Crippen LogP contribution in [0.1, 0.15) is 53.4 Å². The van der Waals surface area contributed by atoms with E-state index in [2.05, 4.69) is 5.32 Å². The molecular formula is C29H42N2O9. The summed E-state index contributed by atoms with van der Waals surface area (Å²) in [6.45, 7) is 7.03. The third-order valence-corrected chi connectivity index (χ3v) is 7.27. The number of allylic oxidation sites excluding steroid dienone is 3. The van der Waals surface area contributed by atoms with Gasteiger partial charge in [-0.05, 0) is 51.0 Å². The quantitative estimate of drug-likeness (QED) is 0.345. The number of carbonyl (C=O) groups excluding carboxylic acids is 4. The number of ether oxygens (including phenoxy) is 4. The summed E-state index contributed by atoms with van der Waals surface area (Å²) < 4.78 is 21.9. The van der Waals surface area contributed by atoms with Gasteiger partial charge in [0.15, 0.2) is 11.9 Å². The van der Waals surface area contributed by atoms with Crippen LogP contribution in [0.15, 0.2) is 46.4 Å². The SMILES string of the molecule is COC1=C2C[C@@H](C)C[C@H](OC)[C@H](O)[C@@H](C)/C=C(\C)[C@H](OC(N)=O)[C@@H](OC)CC/C=C(\C)C(=O)NC(=CC1=O)C2=O. The van der Waals surface area contributed by atoms with Crippen molar-refractivity contribution in [1.29, 1.82) is 0 Å². The Balaban J connectivity index is 2.54. The minimum Gasteiger partial charge on any atom is -0.492 e. The summed E-state index contributed by atoms with van der Waals surface area (Å²) >= 11 is 0. The molecule has 6 atom stereocenters. The van der Waals surface area contributed by atoms with Gasteiger partial charge in [0.05, 0.1) is 31.1 Å². The molecule has 0 aromatic heterocycles. The van der Waals surface area contributed by atoms with E-state index in [1.807, 2.05) is 13.8 Å². The molecule has 0 fully saturated rings. The molecule has 0 unspecified atom stereocenters. The van der Waals surface area contributed by atoms with E-state index in [0.29, 0.717) is 30.4 Å². The minimum absolute atomic E-state index is 0.0689. The lowest BCUT2D eigenvalue weighted by Gasteiger charge is -2.30. The number of hydrogen-bond donors (Lipinski definition) is 3. The second-order valence-electron chi connectivity index (χ2n) is 10.4. The highest BCUT2D eigenvalue weighted by atomic mass is 16.6. The Morgan fingerprint density at radius 2 is 1.73 bits per heavy atom. The van der Waals surface area contributed by atoms with Crippen molar-refractivity contribution < 1.29 is 43.2 Å². The van der Waals surface area contributed by atoms with Gasteiger partial charge in [-0.3, -0.25) is 14.4 Å². The van der Waals surface area contributed by atoms with E-state index in [4.69, 9.17) is 24.7 Å². The van der Waals surface area contributed by atoms with Gasteiger partial charge in [-0.15, -0.1) is 0 Å². The highest BCUT2D eigenvalue weighted by Crippen LogP contribution is 2.29. The Morgan fingerprint density at radius 3 is 2.30 bits per heavy atom. The van der Waals surface area contributed by atoms with Crippen LogP contribution in [0.3, 0.4) is 0 Å². The highest BCUT2D eigenvalue weighted by molar-refractivity contribution is 6.23. The maximum atomic E-state index is 13.3. The van der Waals surface area contributed by atoms with Crippen LogP contribution >= 0.6 is 0 Å². The van der Waals surface area contributed by atoms with Crippen LogP contribution in [-0.4, -0.2) is 74.4 Å². The zero-order valence-electron chi connectivity index (χ0n) is 24.3. The van der Waals surface area contributed by atoms with Gasteiger partial charge in [0.25, 0.3) is 5.91 Å². The third kappa shape index (κ3) is 8.36. The zero-order valence-corrected chi connectivity index (χ0v) is 24.3. The fourth-order valence-corrected chi connectivity index (χ4v) is 5.09. The predicted octanol–water partition coefficient (Wildman–Crippen LogP) is 2.63. The Labute approximate surface area is 235 Å². The van der Waals surface area contributed by atoms with Crippen LogP contribution in [0.25, 0.3) is 0 Å². The van der Waals surface area contributed by atoms with Gasteiger partial charge in [0.2, 0.25) is 11.6 Å². The lowest BCUT2D eigenvalue weighted by molar-refractivity contribution is -0.120. The van der Waals surface area contributed by atoms with Crippen molar-refractivity contribution in [2.45, 2.75) is 77.8 Å². The van der Waals surface area contributed by atoms with E-state index in [1.165, 1.54) is 21.3 Å². The van der Waals surface area contributed by atoms with Crippen molar-refractivity contribution in [2.75, 3.05) is 21.3 Å². The van der Waals surface area contributed by atoms with Crippen LogP contribution in [0.4, 0.5) is 4.79 Å². The first-order valence-electron chi connectivity index (χ1n) is 13.3. The first kappa shape index (κ1) is 32.9. The maximum absolute atomic E-state index is 13.3. The molecule has 40 heavy (non-hydrogen) atoms. The largest absolute Gasteiger partial charge is 0.492 e. The van der Waals surface area contributed by atoms with Crippen molar-refractivity contribution in [3.8, 4) is 0 Å². The Hall–Kier alpha value is -3.28. The van der Waals surface area contributed by atoms with Crippen molar-refractivity contribution in [3.63, 3.8) is 0 Å². The number of carbonyl (C=O) groups is 4. The van der Waals surface area contributed by atoms with Gasteiger partial charge in [0, 0.05) is 37.4 Å². The fourth-order valence-electron chi connectivity index (χ4n) is 5.09. The molecule has 1 heterocycles. The van der Waals surface area contributed by atoms with Crippen molar-refractivity contribution in [1.82, 2.24) is 5.32 Å². The molecule has 2 amide bonds. The van der Waals surface area contributed by atoms with E-state index in [1.54, 1.807) is 26.0 Å². The number of hydrogen-bond acceptors (Lipinski definition) is 9. The molecule has 1 aliphatic heterocycles. The monoisotopic (exact) mass is 562 g/mol. The topological polar surface area (TPSA) is 163 Å². The van der Waals surface area contributed by atoms with Gasteiger partial charge in [-0.2, -0.15) is 0 Å². The maximum Gasteiger partial charge on any atom is 0.405 e. The van der Waals surface area contributed by atoms with Crippen LogP contribution in [-0.2, 0) is 33.3 Å². The molecule has 0 saturated carbocycles. The fraction of sp³-hybridized carbons (Fsp3) is 0.586. The van der Waals surface area contributed by atoms with Crippen LogP contribution in [0, 0.1) is 11.8 Å². The summed E-state index contributed by atoms with van der Waals surface area (Å²) in [5, 5.41) is 13.7. The van der Waals surface area contributed by atoms with E-state index in [0.717, 1.165) is 6.08 Å². The minimum atomic E-state index is -0.968. The average Bonchev–Trinajstić information content (AvgIpc) is 2.90. The van der Waals surface area contributed by atoms with Gasteiger partial charge < -0.3 is 35.1 Å². The third-order valence-electron chi connectivity index (χ3n) is 7.27. The number of methoxy groups -OCH3 is 3. The molecule has 2 rings (SSSR count). The second-order valence-corrected chi connectivity index (χ2v) is 10.4. The molecule has 0 spiro atoms. The number of aliphatic hydroxyl groups is 1.